The molecule has 1 aliphatic rings. The van der Waals surface area contributed by atoms with Crippen LogP contribution in [0.15, 0.2) is 42.2 Å². The second-order valence-corrected chi connectivity index (χ2v) is 4.07. The predicted molar refractivity (Wildman–Crippen MR) is 60.6 cm³/mol. The van der Waals surface area contributed by atoms with E-state index in [9.17, 15) is 14.7 Å². The lowest BCUT2D eigenvalue weighted by atomic mass is 9.77. The highest BCUT2D eigenvalue weighted by molar-refractivity contribution is 5.94. The predicted octanol–water partition coefficient (Wildman–Crippen LogP) is 1.89. The van der Waals surface area contributed by atoms with E-state index in [2.05, 4.69) is 0 Å². The Morgan fingerprint density at radius 1 is 1.24 bits per heavy atom. The average Bonchev–Trinajstić information content (AvgIpc) is 2.28. The van der Waals surface area contributed by atoms with Crippen LogP contribution >= 0.6 is 0 Å². The van der Waals surface area contributed by atoms with Crippen LogP contribution < -0.4 is 0 Å². The minimum Gasteiger partial charge on any atom is -0.511 e. The van der Waals surface area contributed by atoms with Gasteiger partial charge in [-0.3, -0.25) is 9.59 Å². The van der Waals surface area contributed by atoms with E-state index in [0.29, 0.717) is 0 Å². The monoisotopic (exact) mass is 232 g/mol. The molecule has 0 fully saturated rings. The molecule has 0 amide bonds. The van der Waals surface area contributed by atoms with Crippen LogP contribution in [0.3, 0.4) is 0 Å². The Morgan fingerprint density at radius 2 is 1.88 bits per heavy atom. The number of aliphatic hydroxyl groups excluding tert-OH is 1. The van der Waals surface area contributed by atoms with Gasteiger partial charge in [-0.15, -0.1) is 0 Å². The van der Waals surface area contributed by atoms with Crippen LogP contribution in [0.2, 0.25) is 0 Å². The number of carbonyl (C=O) groups excluding carboxylic acids is 1. The van der Waals surface area contributed by atoms with E-state index in [0.717, 1.165) is 11.6 Å². The molecule has 0 saturated heterocycles. The van der Waals surface area contributed by atoms with Crippen LogP contribution in [0.5, 0.6) is 0 Å². The standard InChI is InChI=1S/C13H12O4/c14-9-6-10(8-4-2-1-3-5-8)12(13(16)17)11(15)7-9/h1-5,7,10,12,15H,6H2,(H,16,17)/t10-,12-/m0/s1. The molecule has 2 atom stereocenters. The Kier molecular flexibility index (Phi) is 2.95. The first-order chi connectivity index (χ1) is 8.09. The lowest BCUT2D eigenvalue weighted by molar-refractivity contribution is -0.142. The average molecular weight is 232 g/mol. The third kappa shape index (κ3) is 2.20. The molecule has 0 spiro atoms. The number of carboxylic acids is 1. The van der Waals surface area contributed by atoms with Gasteiger partial charge in [-0.25, -0.2) is 0 Å². The molecule has 0 saturated carbocycles. The molecular weight excluding hydrogens is 220 g/mol. The minimum atomic E-state index is -1.11. The van der Waals surface area contributed by atoms with Gasteiger partial charge in [0.15, 0.2) is 5.78 Å². The molecular formula is C13H12O4. The summed E-state index contributed by atoms with van der Waals surface area (Å²) >= 11 is 0. The molecule has 4 nitrogen and oxygen atoms in total. The molecule has 0 unspecified atom stereocenters. The molecule has 1 aromatic carbocycles. The fourth-order valence-corrected chi connectivity index (χ4v) is 2.16. The SMILES string of the molecule is O=C1C=C(O)[C@@H](C(=O)O)[C@H](c2ccccc2)C1. The van der Waals surface area contributed by atoms with Crippen LogP contribution in [0, 0.1) is 5.92 Å². The van der Waals surface area contributed by atoms with Crippen molar-refractivity contribution in [1.82, 2.24) is 0 Å². The lowest BCUT2D eigenvalue weighted by Crippen LogP contribution is -2.29. The fraction of sp³-hybridized carbons (Fsp3) is 0.231. The van der Waals surface area contributed by atoms with Gasteiger partial charge in [0.2, 0.25) is 0 Å². The fourth-order valence-electron chi connectivity index (χ4n) is 2.16. The van der Waals surface area contributed by atoms with E-state index in [1.54, 1.807) is 24.3 Å². The van der Waals surface area contributed by atoms with Gasteiger partial charge >= 0.3 is 5.97 Å². The zero-order valence-electron chi connectivity index (χ0n) is 9.04. The lowest BCUT2D eigenvalue weighted by Gasteiger charge is -2.26. The summed E-state index contributed by atoms with van der Waals surface area (Å²) < 4.78 is 0. The highest BCUT2D eigenvalue weighted by atomic mass is 16.4. The number of aliphatic hydroxyl groups is 1. The van der Waals surface area contributed by atoms with Crippen molar-refractivity contribution in [3.63, 3.8) is 0 Å². The van der Waals surface area contributed by atoms with Crippen LogP contribution in [0.1, 0.15) is 17.9 Å². The van der Waals surface area contributed by atoms with Crippen molar-refractivity contribution in [2.75, 3.05) is 0 Å². The van der Waals surface area contributed by atoms with E-state index in [4.69, 9.17) is 5.11 Å². The molecule has 88 valence electrons. The number of allylic oxidation sites excluding steroid dienone is 1. The van der Waals surface area contributed by atoms with Gasteiger partial charge in [0, 0.05) is 18.4 Å². The van der Waals surface area contributed by atoms with Gasteiger partial charge in [0.25, 0.3) is 0 Å². The number of carboxylic acid groups (broad SMARTS) is 1. The molecule has 0 bridgehead atoms. The first kappa shape index (κ1) is 11.4. The number of carbonyl (C=O) groups is 2. The van der Waals surface area contributed by atoms with Gasteiger partial charge < -0.3 is 10.2 Å². The Hall–Kier alpha value is -2.10. The molecule has 4 heteroatoms. The van der Waals surface area contributed by atoms with Gasteiger partial charge in [-0.1, -0.05) is 30.3 Å². The second-order valence-electron chi connectivity index (χ2n) is 4.07. The van der Waals surface area contributed by atoms with Crippen molar-refractivity contribution in [1.29, 1.82) is 0 Å². The number of hydrogen-bond acceptors (Lipinski definition) is 3. The summed E-state index contributed by atoms with van der Waals surface area (Å²) in [6.45, 7) is 0. The van der Waals surface area contributed by atoms with Gasteiger partial charge in [-0.2, -0.15) is 0 Å². The van der Waals surface area contributed by atoms with Crippen molar-refractivity contribution in [3.8, 4) is 0 Å². The van der Waals surface area contributed by atoms with Crippen molar-refractivity contribution in [3.05, 3.63) is 47.7 Å². The molecule has 2 N–H and O–H groups in total. The van der Waals surface area contributed by atoms with Gasteiger partial charge in [0.05, 0.1) is 0 Å². The number of benzene rings is 1. The van der Waals surface area contributed by atoms with E-state index in [1.165, 1.54) is 0 Å². The molecule has 17 heavy (non-hydrogen) atoms. The van der Waals surface area contributed by atoms with Crippen molar-refractivity contribution < 1.29 is 19.8 Å². The van der Waals surface area contributed by atoms with E-state index in [-0.39, 0.29) is 18.0 Å². The van der Waals surface area contributed by atoms with Crippen LogP contribution in [-0.4, -0.2) is 22.0 Å². The number of hydrogen-bond donors (Lipinski definition) is 2. The Balaban J connectivity index is 2.42. The van der Waals surface area contributed by atoms with Gasteiger partial charge in [-0.05, 0) is 5.56 Å². The maximum Gasteiger partial charge on any atom is 0.314 e. The Morgan fingerprint density at radius 3 is 2.47 bits per heavy atom. The number of ketones is 1. The second kappa shape index (κ2) is 4.41. The highest BCUT2D eigenvalue weighted by Crippen LogP contribution is 2.36. The van der Waals surface area contributed by atoms with Crippen molar-refractivity contribution in [2.45, 2.75) is 12.3 Å². The minimum absolute atomic E-state index is 0.116. The smallest absolute Gasteiger partial charge is 0.314 e. The molecule has 0 aliphatic heterocycles. The van der Waals surface area contributed by atoms with Crippen LogP contribution in [0.25, 0.3) is 0 Å². The van der Waals surface area contributed by atoms with Crippen LogP contribution in [0.4, 0.5) is 0 Å². The summed E-state index contributed by atoms with van der Waals surface area (Å²) in [5.41, 5.74) is 0.757. The number of rotatable bonds is 2. The normalized spacial score (nSPS) is 24.2. The zero-order chi connectivity index (χ0) is 12.4. The summed E-state index contributed by atoms with van der Waals surface area (Å²) in [5.74, 6) is -3.24. The largest absolute Gasteiger partial charge is 0.511 e. The van der Waals surface area contributed by atoms with E-state index < -0.39 is 17.8 Å². The molecule has 2 rings (SSSR count). The van der Waals surface area contributed by atoms with E-state index in [1.807, 2.05) is 6.07 Å². The maximum atomic E-state index is 11.4. The Bertz CT molecular complexity index is 475. The molecule has 1 aliphatic carbocycles. The summed E-state index contributed by atoms with van der Waals surface area (Å²) in [6, 6.07) is 8.93. The first-order valence-corrected chi connectivity index (χ1v) is 5.30. The molecule has 0 radical (unpaired) electrons. The third-order valence-corrected chi connectivity index (χ3v) is 2.94. The molecule has 0 heterocycles. The third-order valence-electron chi connectivity index (χ3n) is 2.94. The van der Waals surface area contributed by atoms with Crippen molar-refractivity contribution >= 4 is 11.8 Å². The molecule has 0 aromatic heterocycles. The summed E-state index contributed by atoms with van der Waals surface area (Å²) in [7, 11) is 0. The Labute approximate surface area is 98.2 Å². The van der Waals surface area contributed by atoms with Gasteiger partial charge in [0.1, 0.15) is 11.7 Å². The maximum absolute atomic E-state index is 11.4. The zero-order valence-corrected chi connectivity index (χ0v) is 9.04. The highest BCUT2D eigenvalue weighted by Gasteiger charge is 2.37. The topological polar surface area (TPSA) is 74.6 Å². The quantitative estimate of drug-likeness (QED) is 0.816. The molecule has 1 aromatic rings. The summed E-state index contributed by atoms with van der Waals surface area (Å²) in [6.07, 6.45) is 1.13. The van der Waals surface area contributed by atoms with E-state index >= 15 is 0 Å². The first-order valence-electron chi connectivity index (χ1n) is 5.30. The van der Waals surface area contributed by atoms with Crippen LogP contribution in [-0.2, 0) is 9.59 Å². The number of aliphatic carboxylic acids is 1. The summed E-state index contributed by atoms with van der Waals surface area (Å²) in [4.78, 5) is 22.5. The van der Waals surface area contributed by atoms with Crippen molar-refractivity contribution in [2.24, 2.45) is 5.92 Å². The summed E-state index contributed by atoms with van der Waals surface area (Å²) in [5, 5.41) is 18.7.